The van der Waals surface area contributed by atoms with Gasteiger partial charge in [0, 0.05) is 18.1 Å². The molecule has 2 N–H and O–H groups in total. The van der Waals surface area contributed by atoms with Crippen LogP contribution in [0.3, 0.4) is 0 Å². The maximum absolute atomic E-state index is 10.3. The first-order chi connectivity index (χ1) is 7.05. The molecule has 0 saturated carbocycles. The molecule has 1 aromatic carbocycles. The van der Waals surface area contributed by atoms with Crippen molar-refractivity contribution in [2.45, 2.75) is 25.0 Å². The Morgan fingerprint density at radius 2 is 2.33 bits per heavy atom. The van der Waals surface area contributed by atoms with E-state index in [0.29, 0.717) is 17.7 Å². The average molecular weight is 206 g/mol. The normalized spacial score (nSPS) is 29.1. The quantitative estimate of drug-likeness (QED) is 0.690. The van der Waals surface area contributed by atoms with Gasteiger partial charge in [0.1, 0.15) is 17.1 Å². The maximum atomic E-state index is 10.3. The summed E-state index contributed by atoms with van der Waals surface area (Å²) in [5, 5.41) is 19.6. The molecule has 0 bridgehead atoms. The molecule has 0 spiro atoms. The van der Waals surface area contributed by atoms with Crippen LogP contribution in [-0.2, 0) is 5.60 Å². The van der Waals surface area contributed by atoms with Crippen molar-refractivity contribution in [3.05, 3.63) is 36.4 Å². The average Bonchev–Trinajstić information content (AvgIpc) is 2.16. The van der Waals surface area contributed by atoms with Crippen LogP contribution in [0, 0.1) is 0 Å². The van der Waals surface area contributed by atoms with E-state index < -0.39 is 5.60 Å². The Kier molecular flexibility index (Phi) is 2.20. The Labute approximate surface area is 88.6 Å². The van der Waals surface area contributed by atoms with Gasteiger partial charge in [-0.05, 0) is 19.1 Å². The molecule has 0 amide bonds. The molecule has 2 unspecified atom stereocenters. The van der Waals surface area contributed by atoms with Crippen LogP contribution in [0.1, 0.15) is 18.9 Å². The van der Waals surface area contributed by atoms with Gasteiger partial charge in [-0.3, -0.25) is 0 Å². The largest absolute Gasteiger partial charge is 0.508 e. The highest BCUT2D eigenvalue weighted by molar-refractivity contribution is 5.46. The van der Waals surface area contributed by atoms with Gasteiger partial charge in [-0.15, -0.1) is 0 Å². The minimum absolute atomic E-state index is 0.0951. The second-order valence-electron chi connectivity index (χ2n) is 3.94. The van der Waals surface area contributed by atoms with Crippen LogP contribution in [0.25, 0.3) is 0 Å². The van der Waals surface area contributed by atoms with Gasteiger partial charge in [0.25, 0.3) is 0 Å². The van der Waals surface area contributed by atoms with E-state index in [4.69, 9.17) is 4.74 Å². The van der Waals surface area contributed by atoms with Crippen LogP contribution in [0.5, 0.6) is 11.5 Å². The summed E-state index contributed by atoms with van der Waals surface area (Å²) in [5.41, 5.74) is -0.394. The number of benzene rings is 1. The molecule has 0 saturated heterocycles. The molecule has 1 aliphatic rings. The summed E-state index contributed by atoms with van der Waals surface area (Å²) in [4.78, 5) is 0. The number of fused-ring (bicyclic) bond motifs is 1. The first kappa shape index (κ1) is 10.1. The molecule has 3 heteroatoms. The molecular weight excluding hydrogens is 192 g/mol. The minimum Gasteiger partial charge on any atom is -0.508 e. The van der Waals surface area contributed by atoms with Crippen molar-refractivity contribution in [3.8, 4) is 11.5 Å². The number of hydrogen-bond donors (Lipinski definition) is 2. The summed E-state index contributed by atoms with van der Waals surface area (Å²) in [6.45, 7) is 5.52. The number of hydrogen-bond acceptors (Lipinski definition) is 3. The lowest BCUT2D eigenvalue weighted by molar-refractivity contribution is 0.0137. The second kappa shape index (κ2) is 3.28. The molecular formula is C12H14O3. The van der Waals surface area contributed by atoms with Gasteiger partial charge in [0.05, 0.1) is 6.10 Å². The van der Waals surface area contributed by atoms with Crippen molar-refractivity contribution in [1.82, 2.24) is 0 Å². The standard InChI is InChI=1S/C12H14O3/c1-3-12(14)7-8(2)15-11-6-9(13)4-5-10(11)12/h3-6,8,13-14H,1,7H2,2H3. The summed E-state index contributed by atoms with van der Waals surface area (Å²) < 4.78 is 5.54. The molecule has 0 fully saturated rings. The maximum Gasteiger partial charge on any atom is 0.129 e. The Morgan fingerprint density at radius 1 is 1.60 bits per heavy atom. The van der Waals surface area contributed by atoms with Crippen LogP contribution >= 0.6 is 0 Å². The zero-order valence-electron chi connectivity index (χ0n) is 8.60. The van der Waals surface area contributed by atoms with Crippen LogP contribution in [0.15, 0.2) is 30.9 Å². The molecule has 15 heavy (non-hydrogen) atoms. The van der Waals surface area contributed by atoms with Crippen molar-refractivity contribution in [2.24, 2.45) is 0 Å². The molecule has 0 aliphatic carbocycles. The van der Waals surface area contributed by atoms with Crippen molar-refractivity contribution >= 4 is 0 Å². The third-order valence-corrected chi connectivity index (χ3v) is 2.70. The number of rotatable bonds is 1. The first-order valence-corrected chi connectivity index (χ1v) is 4.91. The van der Waals surface area contributed by atoms with E-state index in [0.717, 1.165) is 0 Å². The van der Waals surface area contributed by atoms with Gasteiger partial charge < -0.3 is 14.9 Å². The predicted octanol–water partition coefficient (Wildman–Crippen LogP) is 1.94. The molecule has 2 rings (SSSR count). The molecule has 1 heterocycles. The molecule has 0 radical (unpaired) electrons. The highest BCUT2D eigenvalue weighted by Crippen LogP contribution is 2.41. The lowest BCUT2D eigenvalue weighted by Gasteiger charge is -2.35. The fourth-order valence-electron chi connectivity index (χ4n) is 1.97. The number of aromatic hydroxyl groups is 1. The summed E-state index contributed by atoms with van der Waals surface area (Å²) in [6, 6.07) is 4.71. The van der Waals surface area contributed by atoms with Gasteiger partial charge in [-0.1, -0.05) is 12.7 Å². The number of phenolic OH excluding ortho intramolecular Hbond substituents is 1. The highest BCUT2D eigenvalue weighted by Gasteiger charge is 2.36. The first-order valence-electron chi connectivity index (χ1n) is 4.91. The third kappa shape index (κ3) is 1.59. The Bertz CT molecular complexity index is 400. The van der Waals surface area contributed by atoms with E-state index in [9.17, 15) is 10.2 Å². The van der Waals surface area contributed by atoms with E-state index in [2.05, 4.69) is 6.58 Å². The lowest BCUT2D eigenvalue weighted by atomic mass is 9.85. The van der Waals surface area contributed by atoms with E-state index in [1.54, 1.807) is 6.07 Å². The second-order valence-corrected chi connectivity index (χ2v) is 3.94. The zero-order valence-corrected chi connectivity index (χ0v) is 8.60. The number of aliphatic hydroxyl groups is 1. The summed E-state index contributed by atoms with van der Waals surface area (Å²) in [6.07, 6.45) is 1.90. The summed E-state index contributed by atoms with van der Waals surface area (Å²) in [5.74, 6) is 0.658. The van der Waals surface area contributed by atoms with Crippen LogP contribution in [-0.4, -0.2) is 16.3 Å². The van der Waals surface area contributed by atoms with Crippen molar-refractivity contribution < 1.29 is 14.9 Å². The third-order valence-electron chi connectivity index (χ3n) is 2.70. The van der Waals surface area contributed by atoms with E-state index in [1.807, 2.05) is 6.92 Å². The van der Waals surface area contributed by atoms with E-state index in [1.165, 1.54) is 18.2 Å². The molecule has 3 nitrogen and oxygen atoms in total. The van der Waals surface area contributed by atoms with Gasteiger partial charge >= 0.3 is 0 Å². The SMILES string of the molecule is C=CC1(O)CC(C)Oc2cc(O)ccc21. The number of phenols is 1. The predicted molar refractivity (Wildman–Crippen MR) is 56.9 cm³/mol. The molecule has 0 aromatic heterocycles. The zero-order chi connectivity index (χ0) is 11.1. The summed E-state index contributed by atoms with van der Waals surface area (Å²) >= 11 is 0. The summed E-state index contributed by atoms with van der Waals surface area (Å²) in [7, 11) is 0. The van der Waals surface area contributed by atoms with Gasteiger partial charge in [0.2, 0.25) is 0 Å². The van der Waals surface area contributed by atoms with E-state index in [-0.39, 0.29) is 11.9 Å². The molecule has 1 aliphatic heterocycles. The van der Waals surface area contributed by atoms with Crippen molar-refractivity contribution in [2.75, 3.05) is 0 Å². The topological polar surface area (TPSA) is 49.7 Å². The Hall–Kier alpha value is -1.48. The van der Waals surface area contributed by atoms with Crippen LogP contribution in [0.4, 0.5) is 0 Å². The molecule has 1 aromatic rings. The number of ether oxygens (including phenoxy) is 1. The highest BCUT2D eigenvalue weighted by atomic mass is 16.5. The lowest BCUT2D eigenvalue weighted by Crippen LogP contribution is -2.35. The molecule has 2 atom stereocenters. The Morgan fingerprint density at radius 3 is 3.00 bits per heavy atom. The van der Waals surface area contributed by atoms with Gasteiger partial charge in [0.15, 0.2) is 0 Å². The van der Waals surface area contributed by atoms with Crippen molar-refractivity contribution in [3.63, 3.8) is 0 Å². The fraction of sp³-hybridized carbons (Fsp3) is 0.333. The minimum atomic E-state index is -1.05. The smallest absolute Gasteiger partial charge is 0.129 e. The van der Waals surface area contributed by atoms with Crippen LogP contribution < -0.4 is 4.74 Å². The van der Waals surface area contributed by atoms with Crippen LogP contribution in [0.2, 0.25) is 0 Å². The monoisotopic (exact) mass is 206 g/mol. The van der Waals surface area contributed by atoms with E-state index >= 15 is 0 Å². The fourth-order valence-corrected chi connectivity index (χ4v) is 1.97. The van der Waals surface area contributed by atoms with Gasteiger partial charge in [-0.2, -0.15) is 0 Å². The Balaban J connectivity index is 2.56. The van der Waals surface area contributed by atoms with Crippen molar-refractivity contribution in [1.29, 1.82) is 0 Å². The molecule has 80 valence electrons. The van der Waals surface area contributed by atoms with Gasteiger partial charge in [-0.25, -0.2) is 0 Å².